The highest BCUT2D eigenvalue weighted by atomic mass is 79.9. The van der Waals surface area contributed by atoms with Gasteiger partial charge in [0.2, 0.25) is 0 Å². The van der Waals surface area contributed by atoms with Gasteiger partial charge in [0.1, 0.15) is 0 Å². The molecule has 0 saturated carbocycles. The minimum absolute atomic E-state index is 0.281. The van der Waals surface area contributed by atoms with Crippen LogP contribution in [-0.2, 0) is 6.54 Å². The zero-order valence-corrected chi connectivity index (χ0v) is 18.1. The molecule has 3 rings (SSSR count). The number of rotatable bonds is 5. The molecule has 0 saturated heterocycles. The molecule has 1 N–H and O–H groups in total. The van der Waals surface area contributed by atoms with Crippen LogP contribution in [0.2, 0.25) is 0 Å². The summed E-state index contributed by atoms with van der Waals surface area (Å²) in [5, 5.41) is 8.96. The zero-order valence-electron chi connectivity index (χ0n) is 14.9. The van der Waals surface area contributed by atoms with Crippen molar-refractivity contribution in [2.24, 2.45) is 4.99 Å². The van der Waals surface area contributed by atoms with Gasteiger partial charge in [-0.1, -0.05) is 28.1 Å². The lowest BCUT2D eigenvalue weighted by Gasteiger charge is -2.09. The molecule has 0 unspecified atom stereocenters. The number of carbonyl (C=O) groups is 1. The van der Waals surface area contributed by atoms with Crippen LogP contribution in [-0.4, -0.2) is 21.9 Å². The summed E-state index contributed by atoms with van der Waals surface area (Å²) >= 11 is 7.16. The third kappa shape index (κ3) is 4.22. The number of hydrogen-bond acceptors (Lipinski definition) is 2. The van der Waals surface area contributed by atoms with Crippen LogP contribution >= 0.6 is 31.9 Å². The summed E-state index contributed by atoms with van der Waals surface area (Å²) in [4.78, 5) is 15.5. The predicted octanol–water partition coefficient (Wildman–Crippen LogP) is 5.94. The lowest BCUT2D eigenvalue weighted by Crippen LogP contribution is -1.99. The number of aromatic carboxylic acids is 1. The Morgan fingerprint density at radius 2 is 1.67 bits per heavy atom. The molecule has 0 aliphatic carbocycles. The Morgan fingerprint density at radius 1 is 1.04 bits per heavy atom. The van der Waals surface area contributed by atoms with Crippen molar-refractivity contribution in [2.75, 3.05) is 0 Å². The van der Waals surface area contributed by atoms with Crippen LogP contribution in [0.25, 0.3) is 5.69 Å². The number of aromatic nitrogens is 1. The van der Waals surface area contributed by atoms with Gasteiger partial charge in [0.25, 0.3) is 0 Å². The second kappa shape index (κ2) is 8.23. The number of hydrogen-bond donors (Lipinski definition) is 1. The minimum atomic E-state index is -0.922. The van der Waals surface area contributed by atoms with E-state index in [0.717, 1.165) is 37.1 Å². The van der Waals surface area contributed by atoms with E-state index in [9.17, 15) is 4.79 Å². The molecule has 0 spiro atoms. The Morgan fingerprint density at radius 3 is 2.26 bits per heavy atom. The van der Waals surface area contributed by atoms with Gasteiger partial charge in [0.05, 0.1) is 12.1 Å². The zero-order chi connectivity index (χ0) is 19.6. The molecule has 0 radical (unpaired) electrons. The van der Waals surface area contributed by atoms with Crippen LogP contribution in [0.4, 0.5) is 0 Å². The van der Waals surface area contributed by atoms with Crippen molar-refractivity contribution >= 4 is 44.0 Å². The van der Waals surface area contributed by atoms with E-state index in [-0.39, 0.29) is 5.56 Å². The van der Waals surface area contributed by atoms with Crippen LogP contribution < -0.4 is 0 Å². The highest BCUT2D eigenvalue weighted by molar-refractivity contribution is 9.10. The first kappa shape index (κ1) is 19.6. The second-order valence-corrected chi connectivity index (χ2v) is 7.89. The van der Waals surface area contributed by atoms with Crippen LogP contribution in [0, 0.1) is 13.8 Å². The maximum atomic E-state index is 10.9. The Bertz CT molecular complexity index is 1000. The molecule has 0 aliphatic heterocycles. The minimum Gasteiger partial charge on any atom is -0.478 e. The first-order valence-electron chi connectivity index (χ1n) is 8.34. The fourth-order valence-corrected chi connectivity index (χ4v) is 3.78. The standard InChI is InChI=1S/C21H18Br2N2O2/c1-13-19(12-24-11-15-3-5-16(6-4-15)21(26)27)20(23)14(2)25(13)18-9-7-17(22)8-10-18/h3-10,12H,11H2,1-2H3,(H,26,27). The molecule has 1 aromatic heterocycles. The fourth-order valence-electron chi connectivity index (χ4n) is 2.95. The largest absolute Gasteiger partial charge is 0.478 e. The Hall–Kier alpha value is -2.18. The summed E-state index contributed by atoms with van der Waals surface area (Å²) in [6.45, 7) is 4.64. The van der Waals surface area contributed by atoms with Gasteiger partial charge in [-0.05, 0) is 71.7 Å². The van der Waals surface area contributed by atoms with Gasteiger partial charge in [0, 0.05) is 37.8 Å². The first-order chi connectivity index (χ1) is 12.9. The normalized spacial score (nSPS) is 11.3. The summed E-state index contributed by atoms with van der Waals surface area (Å²) in [5.41, 5.74) is 5.60. The molecule has 1 heterocycles. The first-order valence-corrected chi connectivity index (χ1v) is 9.92. The van der Waals surface area contributed by atoms with Crippen LogP contribution in [0.1, 0.15) is 32.9 Å². The summed E-state index contributed by atoms with van der Waals surface area (Å²) in [6, 6.07) is 15.0. The topological polar surface area (TPSA) is 54.6 Å². The molecular formula is C21H18Br2N2O2. The quantitative estimate of drug-likeness (QED) is 0.451. The number of nitrogens with zero attached hydrogens (tertiary/aromatic N) is 2. The Balaban J connectivity index is 1.84. The molecule has 0 atom stereocenters. The van der Waals surface area contributed by atoms with E-state index in [4.69, 9.17) is 5.11 Å². The fraction of sp³-hybridized carbons (Fsp3) is 0.143. The third-order valence-electron chi connectivity index (χ3n) is 4.39. The third-order valence-corrected chi connectivity index (χ3v) is 5.92. The molecule has 0 amide bonds. The number of carboxylic acid groups (broad SMARTS) is 1. The Labute approximate surface area is 174 Å². The molecule has 6 heteroatoms. The van der Waals surface area contributed by atoms with Crippen molar-refractivity contribution in [3.63, 3.8) is 0 Å². The highest BCUT2D eigenvalue weighted by Gasteiger charge is 2.15. The number of benzene rings is 2. The van der Waals surface area contributed by atoms with Crippen molar-refractivity contribution in [1.82, 2.24) is 4.57 Å². The number of aliphatic imine (C=N–C) groups is 1. The van der Waals surface area contributed by atoms with E-state index >= 15 is 0 Å². The number of carboxylic acids is 1. The molecule has 138 valence electrons. The van der Waals surface area contributed by atoms with Gasteiger partial charge < -0.3 is 9.67 Å². The van der Waals surface area contributed by atoms with E-state index < -0.39 is 5.97 Å². The lowest BCUT2D eigenvalue weighted by atomic mass is 10.1. The molecule has 4 nitrogen and oxygen atoms in total. The summed E-state index contributed by atoms with van der Waals surface area (Å²) in [5.74, 6) is -0.922. The second-order valence-electron chi connectivity index (χ2n) is 6.18. The van der Waals surface area contributed by atoms with Gasteiger partial charge in [-0.15, -0.1) is 0 Å². The van der Waals surface area contributed by atoms with E-state index in [1.165, 1.54) is 0 Å². The average Bonchev–Trinajstić information content (AvgIpc) is 2.86. The van der Waals surface area contributed by atoms with Crippen molar-refractivity contribution in [3.05, 3.63) is 85.6 Å². The molecule has 2 aromatic carbocycles. The van der Waals surface area contributed by atoms with E-state index in [0.29, 0.717) is 6.54 Å². The van der Waals surface area contributed by atoms with E-state index in [1.54, 1.807) is 24.3 Å². The monoisotopic (exact) mass is 488 g/mol. The lowest BCUT2D eigenvalue weighted by molar-refractivity contribution is 0.0697. The highest BCUT2D eigenvalue weighted by Crippen LogP contribution is 2.30. The van der Waals surface area contributed by atoms with Crippen LogP contribution in [0.3, 0.4) is 0 Å². The molecule has 0 bridgehead atoms. The van der Waals surface area contributed by atoms with E-state index in [2.05, 4.69) is 67.4 Å². The maximum absolute atomic E-state index is 10.9. The van der Waals surface area contributed by atoms with Crippen LogP contribution in [0.5, 0.6) is 0 Å². The van der Waals surface area contributed by atoms with E-state index in [1.807, 2.05) is 18.3 Å². The predicted molar refractivity (Wildman–Crippen MR) is 115 cm³/mol. The molecule has 27 heavy (non-hydrogen) atoms. The van der Waals surface area contributed by atoms with Gasteiger partial charge >= 0.3 is 5.97 Å². The van der Waals surface area contributed by atoms with Crippen molar-refractivity contribution in [1.29, 1.82) is 0 Å². The van der Waals surface area contributed by atoms with Crippen molar-refractivity contribution in [3.8, 4) is 5.69 Å². The Kier molecular flexibility index (Phi) is 5.97. The van der Waals surface area contributed by atoms with Crippen molar-refractivity contribution in [2.45, 2.75) is 20.4 Å². The number of halogens is 2. The molecule has 0 fully saturated rings. The smallest absolute Gasteiger partial charge is 0.335 e. The van der Waals surface area contributed by atoms with Gasteiger partial charge in [0.15, 0.2) is 0 Å². The summed E-state index contributed by atoms with van der Waals surface area (Å²) in [7, 11) is 0. The van der Waals surface area contributed by atoms with Gasteiger partial charge in [-0.2, -0.15) is 0 Å². The van der Waals surface area contributed by atoms with Crippen LogP contribution in [0.15, 0.2) is 62.5 Å². The molecular weight excluding hydrogens is 472 g/mol. The summed E-state index contributed by atoms with van der Waals surface area (Å²) in [6.07, 6.45) is 1.87. The SMILES string of the molecule is Cc1c(Br)c(C=NCc2ccc(C(=O)O)cc2)c(C)n1-c1ccc(Br)cc1. The summed E-state index contributed by atoms with van der Waals surface area (Å²) < 4.78 is 4.26. The molecule has 3 aromatic rings. The maximum Gasteiger partial charge on any atom is 0.335 e. The average molecular weight is 490 g/mol. The van der Waals surface area contributed by atoms with Gasteiger partial charge in [-0.25, -0.2) is 4.79 Å². The van der Waals surface area contributed by atoms with Gasteiger partial charge in [-0.3, -0.25) is 4.99 Å². The molecule has 0 aliphatic rings. The van der Waals surface area contributed by atoms with Crippen molar-refractivity contribution < 1.29 is 9.90 Å².